The molecule has 0 saturated heterocycles. The van der Waals surface area contributed by atoms with Gasteiger partial charge in [-0.15, -0.1) is 0 Å². The zero-order chi connectivity index (χ0) is 10.6. The summed E-state index contributed by atoms with van der Waals surface area (Å²) in [6.07, 6.45) is 0. The van der Waals surface area contributed by atoms with Crippen LogP contribution in [0.25, 0.3) is 0 Å². The van der Waals surface area contributed by atoms with Gasteiger partial charge in [-0.2, -0.15) is 0 Å². The van der Waals surface area contributed by atoms with Crippen LogP contribution in [0.4, 0.5) is 4.39 Å². The molecule has 0 N–H and O–H groups in total. The zero-order valence-corrected chi connectivity index (χ0v) is 9.07. The molecule has 0 atom stereocenters. The maximum Gasteiger partial charge on any atom is 0.141 e. The van der Waals surface area contributed by atoms with E-state index in [9.17, 15) is 4.39 Å². The largest absolute Gasteiger partial charge is 0.492 e. The van der Waals surface area contributed by atoms with Crippen molar-refractivity contribution in [3.63, 3.8) is 0 Å². The van der Waals surface area contributed by atoms with Crippen LogP contribution >= 0.6 is 11.6 Å². The number of para-hydroxylation sites is 1. The summed E-state index contributed by atoms with van der Waals surface area (Å²) in [5.74, 6) is 1.21. The molecular formula is C11H13ClFO. The Morgan fingerprint density at radius 1 is 1.50 bits per heavy atom. The molecule has 0 spiro atoms. The molecule has 0 aliphatic carbocycles. The second kappa shape index (κ2) is 5.20. The Morgan fingerprint density at radius 3 is 2.79 bits per heavy atom. The van der Waals surface area contributed by atoms with E-state index in [1.165, 1.54) is 0 Å². The van der Waals surface area contributed by atoms with E-state index in [0.717, 1.165) is 5.56 Å². The van der Waals surface area contributed by atoms with Crippen LogP contribution in [-0.2, 0) is 0 Å². The maximum atomic E-state index is 12.5. The van der Waals surface area contributed by atoms with Crippen molar-refractivity contribution in [2.75, 3.05) is 13.3 Å². The fourth-order valence-electron chi connectivity index (χ4n) is 1.21. The van der Waals surface area contributed by atoms with Gasteiger partial charge in [0.05, 0.1) is 18.3 Å². The molecule has 0 unspecified atom stereocenters. The van der Waals surface area contributed by atoms with Gasteiger partial charge in [-0.3, -0.25) is 4.39 Å². The normalized spacial score (nSPS) is 10.6. The Balaban J connectivity index is 3.07. The SMILES string of the molecule is CCOc1c(Cl)cccc1[C](C)CF. The molecule has 0 aliphatic rings. The first kappa shape index (κ1) is 11.3. The average molecular weight is 216 g/mol. The first-order valence-corrected chi connectivity index (χ1v) is 4.88. The van der Waals surface area contributed by atoms with E-state index >= 15 is 0 Å². The molecule has 77 valence electrons. The van der Waals surface area contributed by atoms with E-state index in [1.807, 2.05) is 13.0 Å². The lowest BCUT2D eigenvalue weighted by Crippen LogP contribution is -2.02. The highest BCUT2D eigenvalue weighted by molar-refractivity contribution is 6.32. The van der Waals surface area contributed by atoms with Crippen molar-refractivity contribution >= 4 is 11.6 Å². The van der Waals surface area contributed by atoms with Gasteiger partial charge in [-0.1, -0.05) is 30.7 Å². The fraction of sp³-hybridized carbons (Fsp3) is 0.364. The summed E-state index contributed by atoms with van der Waals surface area (Å²) in [5, 5.41) is 0.525. The molecular weight excluding hydrogens is 203 g/mol. The summed E-state index contributed by atoms with van der Waals surface area (Å²) in [6.45, 7) is 3.64. The third-order valence-electron chi connectivity index (χ3n) is 1.92. The molecule has 3 heteroatoms. The van der Waals surface area contributed by atoms with Crippen LogP contribution in [0, 0.1) is 5.92 Å². The molecule has 1 radical (unpaired) electrons. The third kappa shape index (κ3) is 2.38. The summed E-state index contributed by atoms with van der Waals surface area (Å²) in [7, 11) is 0. The van der Waals surface area contributed by atoms with Crippen LogP contribution in [0.3, 0.4) is 0 Å². The lowest BCUT2D eigenvalue weighted by molar-refractivity contribution is 0.336. The molecule has 0 fully saturated rings. The first-order valence-electron chi connectivity index (χ1n) is 4.50. The van der Waals surface area contributed by atoms with Crippen LogP contribution < -0.4 is 4.74 Å². The maximum absolute atomic E-state index is 12.5. The first-order chi connectivity index (χ1) is 6.70. The monoisotopic (exact) mass is 215 g/mol. The number of hydrogen-bond acceptors (Lipinski definition) is 1. The Labute approximate surface area is 88.8 Å². The smallest absolute Gasteiger partial charge is 0.141 e. The minimum absolute atomic E-state index is 0.486. The minimum atomic E-state index is -0.486. The second-order valence-electron chi connectivity index (χ2n) is 2.96. The van der Waals surface area contributed by atoms with Crippen molar-refractivity contribution in [3.05, 3.63) is 34.7 Å². The van der Waals surface area contributed by atoms with Crippen molar-refractivity contribution in [3.8, 4) is 5.75 Å². The average Bonchev–Trinajstić information content (AvgIpc) is 2.20. The van der Waals surface area contributed by atoms with Crippen LogP contribution in [0.2, 0.25) is 5.02 Å². The lowest BCUT2D eigenvalue weighted by atomic mass is 10.0. The molecule has 0 aliphatic heterocycles. The summed E-state index contributed by atoms with van der Waals surface area (Å²) in [5.41, 5.74) is 0.752. The van der Waals surface area contributed by atoms with Crippen molar-refractivity contribution in [1.82, 2.24) is 0 Å². The number of benzene rings is 1. The van der Waals surface area contributed by atoms with Crippen molar-refractivity contribution in [2.24, 2.45) is 0 Å². The van der Waals surface area contributed by atoms with Gasteiger partial charge in [-0.05, 0) is 13.0 Å². The molecule has 0 heterocycles. The van der Waals surface area contributed by atoms with Crippen molar-refractivity contribution < 1.29 is 9.13 Å². The number of alkyl halides is 1. The van der Waals surface area contributed by atoms with E-state index in [4.69, 9.17) is 16.3 Å². The molecule has 1 nitrogen and oxygen atoms in total. The van der Waals surface area contributed by atoms with Gasteiger partial charge in [0.1, 0.15) is 5.75 Å². The lowest BCUT2D eigenvalue weighted by Gasteiger charge is -2.14. The van der Waals surface area contributed by atoms with Gasteiger partial charge in [0, 0.05) is 11.5 Å². The summed E-state index contributed by atoms with van der Waals surface area (Å²) < 4.78 is 17.9. The van der Waals surface area contributed by atoms with Crippen LogP contribution in [0.15, 0.2) is 18.2 Å². The van der Waals surface area contributed by atoms with E-state index in [-0.39, 0.29) is 0 Å². The summed E-state index contributed by atoms with van der Waals surface area (Å²) in [4.78, 5) is 0. The molecule has 1 aromatic rings. The van der Waals surface area contributed by atoms with E-state index in [2.05, 4.69) is 0 Å². The van der Waals surface area contributed by atoms with E-state index < -0.39 is 6.67 Å². The van der Waals surface area contributed by atoms with Crippen LogP contribution in [-0.4, -0.2) is 13.3 Å². The van der Waals surface area contributed by atoms with E-state index in [1.54, 1.807) is 19.1 Å². The van der Waals surface area contributed by atoms with Crippen molar-refractivity contribution in [1.29, 1.82) is 0 Å². The van der Waals surface area contributed by atoms with Gasteiger partial charge in [0.25, 0.3) is 0 Å². The number of rotatable bonds is 4. The van der Waals surface area contributed by atoms with Crippen LogP contribution in [0.1, 0.15) is 19.4 Å². The summed E-state index contributed by atoms with van der Waals surface area (Å²) >= 11 is 5.95. The van der Waals surface area contributed by atoms with E-state index in [0.29, 0.717) is 23.3 Å². The minimum Gasteiger partial charge on any atom is -0.492 e. The molecule has 1 aromatic carbocycles. The Kier molecular flexibility index (Phi) is 4.21. The number of hydrogen-bond donors (Lipinski definition) is 0. The quantitative estimate of drug-likeness (QED) is 0.745. The molecule has 14 heavy (non-hydrogen) atoms. The highest BCUT2D eigenvalue weighted by Crippen LogP contribution is 2.33. The zero-order valence-electron chi connectivity index (χ0n) is 8.31. The third-order valence-corrected chi connectivity index (χ3v) is 2.21. The molecule has 1 rings (SSSR count). The predicted molar refractivity (Wildman–Crippen MR) is 56.6 cm³/mol. The number of halogens is 2. The second-order valence-corrected chi connectivity index (χ2v) is 3.37. The highest BCUT2D eigenvalue weighted by Gasteiger charge is 2.14. The number of ether oxygens (including phenoxy) is 1. The predicted octanol–water partition coefficient (Wildman–Crippen LogP) is 3.65. The Bertz CT molecular complexity index is 301. The van der Waals surface area contributed by atoms with Crippen molar-refractivity contribution in [2.45, 2.75) is 13.8 Å². The van der Waals surface area contributed by atoms with Gasteiger partial charge in [0.2, 0.25) is 0 Å². The van der Waals surface area contributed by atoms with Gasteiger partial charge in [-0.25, -0.2) is 0 Å². The standard InChI is InChI=1S/C11H13ClFO/c1-3-14-11-9(8(2)7-13)5-4-6-10(11)12/h4-6H,3,7H2,1-2H3. The highest BCUT2D eigenvalue weighted by atomic mass is 35.5. The molecule has 0 amide bonds. The molecule has 0 saturated carbocycles. The molecule has 0 bridgehead atoms. The van der Waals surface area contributed by atoms with Crippen LogP contribution in [0.5, 0.6) is 5.75 Å². The van der Waals surface area contributed by atoms with Gasteiger partial charge in [0.15, 0.2) is 0 Å². The fourth-order valence-corrected chi connectivity index (χ4v) is 1.44. The van der Waals surface area contributed by atoms with Gasteiger partial charge >= 0.3 is 0 Å². The van der Waals surface area contributed by atoms with Gasteiger partial charge < -0.3 is 4.74 Å². The topological polar surface area (TPSA) is 9.23 Å². The molecule has 0 aromatic heterocycles. The Hall–Kier alpha value is -0.760. The Morgan fingerprint density at radius 2 is 2.21 bits per heavy atom. The summed E-state index contributed by atoms with van der Waals surface area (Å²) in [6, 6.07) is 5.34.